The predicted octanol–water partition coefficient (Wildman–Crippen LogP) is 3.34. The first-order valence-corrected chi connectivity index (χ1v) is 8.41. The summed E-state index contributed by atoms with van der Waals surface area (Å²) in [6, 6.07) is 13.5. The van der Waals surface area contributed by atoms with Gasteiger partial charge < -0.3 is 15.0 Å². The van der Waals surface area contributed by atoms with Gasteiger partial charge in [-0.3, -0.25) is 0 Å². The number of carbonyl (C=O) groups is 1. The molecule has 26 heavy (non-hydrogen) atoms. The number of hydrogen-bond acceptors (Lipinski definition) is 3. The Bertz CT molecular complexity index is 960. The van der Waals surface area contributed by atoms with Gasteiger partial charge in [-0.2, -0.15) is 5.10 Å². The van der Waals surface area contributed by atoms with E-state index in [0.717, 1.165) is 27.8 Å². The molecule has 2 aromatic carbocycles. The summed E-state index contributed by atoms with van der Waals surface area (Å²) in [6.07, 6.45) is 3.58. The minimum Gasteiger partial charge on any atom is -0.491 e. The highest BCUT2D eigenvalue weighted by atomic mass is 16.5. The zero-order valence-electron chi connectivity index (χ0n) is 14.9. The third-order valence-corrected chi connectivity index (χ3v) is 4.12. The second-order valence-electron chi connectivity index (χ2n) is 6.15. The van der Waals surface area contributed by atoms with Crippen molar-refractivity contribution in [3.05, 3.63) is 65.4 Å². The van der Waals surface area contributed by atoms with E-state index in [2.05, 4.69) is 28.1 Å². The topological polar surface area (TPSA) is 81.6 Å². The lowest BCUT2D eigenvalue weighted by molar-refractivity contribution is 0.249. The van der Waals surface area contributed by atoms with E-state index in [4.69, 9.17) is 10.5 Å². The van der Waals surface area contributed by atoms with Crippen molar-refractivity contribution in [3.63, 3.8) is 0 Å². The fourth-order valence-electron chi connectivity index (χ4n) is 2.94. The Kier molecular flexibility index (Phi) is 5.22. The zero-order valence-corrected chi connectivity index (χ0v) is 14.9. The van der Waals surface area contributed by atoms with Crippen LogP contribution < -0.4 is 15.9 Å². The average Bonchev–Trinajstić information content (AvgIpc) is 2.95. The van der Waals surface area contributed by atoms with Gasteiger partial charge >= 0.3 is 6.03 Å². The van der Waals surface area contributed by atoms with Gasteiger partial charge in [-0.1, -0.05) is 35.9 Å². The van der Waals surface area contributed by atoms with Gasteiger partial charge in [-0.05, 0) is 31.5 Å². The van der Waals surface area contributed by atoms with E-state index in [9.17, 15) is 4.79 Å². The third-order valence-electron chi connectivity index (χ3n) is 4.12. The Balaban J connectivity index is 1.75. The van der Waals surface area contributed by atoms with Gasteiger partial charge in [0.05, 0.1) is 12.8 Å². The molecule has 0 aliphatic heterocycles. The van der Waals surface area contributed by atoms with Crippen LogP contribution in [0.1, 0.15) is 16.7 Å². The Morgan fingerprint density at radius 3 is 2.85 bits per heavy atom. The van der Waals surface area contributed by atoms with Crippen LogP contribution in [-0.4, -0.2) is 23.4 Å². The fourth-order valence-corrected chi connectivity index (χ4v) is 2.94. The van der Waals surface area contributed by atoms with Gasteiger partial charge in [0.15, 0.2) is 0 Å². The molecule has 3 aromatic rings. The van der Waals surface area contributed by atoms with E-state index < -0.39 is 6.03 Å². The van der Waals surface area contributed by atoms with Crippen LogP contribution in [0.15, 0.2) is 53.8 Å². The summed E-state index contributed by atoms with van der Waals surface area (Å²) < 4.78 is 8.05. The molecule has 0 fully saturated rings. The molecular weight excluding hydrogens is 328 g/mol. The molecule has 6 heteroatoms. The number of primary amides is 1. The summed E-state index contributed by atoms with van der Waals surface area (Å²) in [5, 5.41) is 4.91. The molecule has 0 aliphatic rings. The summed E-state index contributed by atoms with van der Waals surface area (Å²) in [4.78, 5) is 10.8. The van der Waals surface area contributed by atoms with E-state index in [-0.39, 0.29) is 0 Å². The number of nitrogens with two attached hydrogens (primary N) is 1. The average molecular weight is 350 g/mol. The quantitative estimate of drug-likeness (QED) is 0.528. The maximum atomic E-state index is 10.8. The first-order valence-electron chi connectivity index (χ1n) is 8.41. The first-order chi connectivity index (χ1) is 12.5. The van der Waals surface area contributed by atoms with Crippen LogP contribution in [0.2, 0.25) is 0 Å². The van der Waals surface area contributed by atoms with E-state index in [1.54, 1.807) is 6.21 Å². The lowest BCUT2D eigenvalue weighted by Gasteiger charge is -2.11. The summed E-state index contributed by atoms with van der Waals surface area (Å²) in [6.45, 7) is 5.37. The number of carbonyl (C=O) groups excluding carboxylic acids is 1. The van der Waals surface area contributed by atoms with Gasteiger partial charge in [0.1, 0.15) is 12.4 Å². The number of nitrogens with zero attached hydrogens (tertiary/aromatic N) is 2. The highest BCUT2D eigenvalue weighted by Crippen LogP contribution is 2.21. The number of benzene rings is 2. The minimum absolute atomic E-state index is 0.554. The summed E-state index contributed by atoms with van der Waals surface area (Å²) in [5.41, 5.74) is 11.6. The summed E-state index contributed by atoms with van der Waals surface area (Å²) >= 11 is 0. The number of amides is 2. The monoisotopic (exact) mass is 350 g/mol. The molecule has 1 aromatic heterocycles. The number of nitrogens with one attached hydrogen (secondary N) is 1. The molecule has 3 N–H and O–H groups in total. The molecule has 0 saturated heterocycles. The van der Waals surface area contributed by atoms with Crippen molar-refractivity contribution in [3.8, 4) is 5.75 Å². The van der Waals surface area contributed by atoms with Crippen molar-refractivity contribution in [2.24, 2.45) is 10.8 Å². The first kappa shape index (κ1) is 17.5. The van der Waals surface area contributed by atoms with Crippen LogP contribution in [-0.2, 0) is 6.54 Å². The van der Waals surface area contributed by atoms with Crippen molar-refractivity contribution in [1.29, 1.82) is 0 Å². The Morgan fingerprint density at radius 1 is 1.27 bits per heavy atom. The molecule has 6 nitrogen and oxygen atoms in total. The molecule has 0 unspecified atom stereocenters. The van der Waals surface area contributed by atoms with Gasteiger partial charge in [-0.15, -0.1) is 0 Å². The second-order valence-corrected chi connectivity index (χ2v) is 6.15. The largest absolute Gasteiger partial charge is 0.491 e. The Morgan fingerprint density at radius 2 is 2.08 bits per heavy atom. The number of aryl methyl sites for hydroxylation is 2. The SMILES string of the molecule is Cc1ccc(OCCn2cc(/C=N/NC(N)=O)c3ccccc32)c(C)c1. The van der Waals surface area contributed by atoms with Crippen LogP contribution >= 0.6 is 0 Å². The van der Waals surface area contributed by atoms with Crippen molar-refractivity contribution in [2.75, 3.05) is 6.61 Å². The number of aromatic nitrogens is 1. The molecule has 0 atom stereocenters. The molecule has 2 amide bonds. The van der Waals surface area contributed by atoms with Gasteiger partial charge in [-0.25, -0.2) is 10.2 Å². The minimum atomic E-state index is -0.688. The lowest BCUT2D eigenvalue weighted by Crippen LogP contribution is -2.24. The Hall–Kier alpha value is -3.28. The number of hydrogen-bond donors (Lipinski definition) is 2. The van der Waals surface area contributed by atoms with Gasteiger partial charge in [0.2, 0.25) is 0 Å². The normalized spacial score (nSPS) is 11.2. The van der Waals surface area contributed by atoms with E-state index >= 15 is 0 Å². The lowest BCUT2D eigenvalue weighted by atomic mass is 10.1. The maximum Gasteiger partial charge on any atom is 0.332 e. The highest BCUT2D eigenvalue weighted by Gasteiger charge is 2.07. The summed E-state index contributed by atoms with van der Waals surface area (Å²) in [5.74, 6) is 0.902. The molecule has 0 spiro atoms. The number of urea groups is 1. The second kappa shape index (κ2) is 7.74. The van der Waals surface area contributed by atoms with Crippen LogP contribution in [0.25, 0.3) is 10.9 Å². The molecule has 0 radical (unpaired) electrons. The molecule has 0 aliphatic carbocycles. The summed E-state index contributed by atoms with van der Waals surface area (Å²) in [7, 11) is 0. The van der Waals surface area contributed by atoms with E-state index in [1.165, 1.54) is 5.56 Å². The zero-order chi connectivity index (χ0) is 18.5. The van der Waals surface area contributed by atoms with Crippen molar-refractivity contribution in [1.82, 2.24) is 9.99 Å². The fraction of sp³-hybridized carbons (Fsp3) is 0.200. The predicted molar refractivity (Wildman–Crippen MR) is 104 cm³/mol. The number of para-hydroxylation sites is 1. The van der Waals surface area contributed by atoms with Crippen LogP contribution in [0.4, 0.5) is 4.79 Å². The number of hydrazone groups is 1. The van der Waals surface area contributed by atoms with Crippen molar-refractivity contribution < 1.29 is 9.53 Å². The highest BCUT2D eigenvalue weighted by molar-refractivity contribution is 5.99. The molecular formula is C20H22N4O2. The number of ether oxygens (including phenoxy) is 1. The van der Waals surface area contributed by atoms with E-state index in [0.29, 0.717) is 13.2 Å². The maximum absolute atomic E-state index is 10.8. The number of rotatable bonds is 6. The molecule has 134 valence electrons. The van der Waals surface area contributed by atoms with Crippen molar-refractivity contribution in [2.45, 2.75) is 20.4 Å². The van der Waals surface area contributed by atoms with Crippen LogP contribution in [0, 0.1) is 13.8 Å². The molecule has 0 bridgehead atoms. The smallest absolute Gasteiger partial charge is 0.332 e. The van der Waals surface area contributed by atoms with E-state index in [1.807, 2.05) is 49.5 Å². The Labute approximate surface area is 152 Å². The van der Waals surface area contributed by atoms with Crippen LogP contribution in [0.5, 0.6) is 5.75 Å². The molecule has 1 heterocycles. The third kappa shape index (κ3) is 4.03. The van der Waals surface area contributed by atoms with Crippen LogP contribution in [0.3, 0.4) is 0 Å². The van der Waals surface area contributed by atoms with Gasteiger partial charge in [0.25, 0.3) is 0 Å². The number of fused-ring (bicyclic) bond motifs is 1. The standard InChI is InChI=1S/C20H22N4O2/c1-14-7-8-19(15(2)11-14)26-10-9-24-13-16(12-22-23-20(21)25)17-5-3-4-6-18(17)24/h3-8,11-13H,9-10H2,1-2H3,(H3,21,23,25)/b22-12+. The molecule has 0 saturated carbocycles. The van der Waals surface area contributed by atoms with Gasteiger partial charge in [0, 0.05) is 22.7 Å². The van der Waals surface area contributed by atoms with Crippen molar-refractivity contribution >= 4 is 23.1 Å². The molecule has 3 rings (SSSR count).